The molecule has 1 rings (SSSR count). The lowest BCUT2D eigenvalue weighted by atomic mass is 9.85. The van der Waals surface area contributed by atoms with E-state index in [9.17, 15) is 58.6 Å². The van der Waals surface area contributed by atoms with Crippen molar-refractivity contribution in [1.82, 2.24) is 0 Å². The molecule has 0 saturated heterocycles. The molecule has 0 aromatic heterocycles. The van der Waals surface area contributed by atoms with Gasteiger partial charge in [-0.15, -0.1) is 0 Å². The summed E-state index contributed by atoms with van der Waals surface area (Å²) in [6, 6.07) is 0. The van der Waals surface area contributed by atoms with Crippen LogP contribution in [0.25, 0.3) is 0 Å². The number of hydrogen-bond acceptors (Lipinski definition) is 14. The Kier molecular flexibility index (Phi) is 35.8. The SMILES string of the molecule is CCCCC/C=C\C=C\C(=O)CCCCCCCC(=O)O[C@H](COC(=O)CCCCCCCCCCCCCCCCCCC)COP(=O)(O)O[C@H]1C(O)C(O)C(O)[C@@H](OP(=O)(O)O)C1O. The highest BCUT2D eigenvalue weighted by molar-refractivity contribution is 7.47. The molecule has 1 fully saturated rings. The number of aliphatic hydroxyl groups excluding tert-OH is 4. The lowest BCUT2D eigenvalue weighted by Crippen LogP contribution is -2.64. The van der Waals surface area contributed by atoms with Crippen molar-refractivity contribution >= 4 is 33.4 Å². The Balaban J connectivity index is 2.59. The Morgan fingerprint density at radius 3 is 1.45 bits per heavy atom. The van der Waals surface area contributed by atoms with Gasteiger partial charge in [-0.1, -0.05) is 167 Å². The average molecular weight is 985 g/mol. The molecule has 17 nitrogen and oxygen atoms in total. The van der Waals surface area contributed by atoms with Crippen molar-refractivity contribution in [2.24, 2.45) is 0 Å². The fraction of sp³-hybridized carbons (Fsp3) is 0.851. The van der Waals surface area contributed by atoms with Crippen molar-refractivity contribution in [3.8, 4) is 0 Å². The van der Waals surface area contributed by atoms with E-state index in [0.717, 1.165) is 57.8 Å². The minimum absolute atomic E-state index is 0.0368. The smallest absolute Gasteiger partial charge is 0.462 e. The van der Waals surface area contributed by atoms with Crippen molar-refractivity contribution in [3.63, 3.8) is 0 Å². The summed E-state index contributed by atoms with van der Waals surface area (Å²) in [4.78, 5) is 66.4. The van der Waals surface area contributed by atoms with Crippen LogP contribution in [0.1, 0.15) is 200 Å². The van der Waals surface area contributed by atoms with Gasteiger partial charge >= 0.3 is 27.6 Å². The number of allylic oxidation sites excluding steroid dienone is 4. The molecule has 5 unspecified atom stereocenters. The monoisotopic (exact) mass is 985 g/mol. The van der Waals surface area contributed by atoms with Gasteiger partial charge in [0.2, 0.25) is 0 Å². The molecule has 0 aliphatic heterocycles. The van der Waals surface area contributed by atoms with Crippen molar-refractivity contribution in [3.05, 3.63) is 24.3 Å². The zero-order valence-corrected chi connectivity index (χ0v) is 41.7. The molecule has 8 atom stereocenters. The Bertz CT molecular complexity index is 1440. The van der Waals surface area contributed by atoms with Crippen LogP contribution in [0.3, 0.4) is 0 Å². The average Bonchev–Trinajstić information content (AvgIpc) is 3.27. The van der Waals surface area contributed by atoms with Crippen LogP contribution in [0.15, 0.2) is 24.3 Å². The van der Waals surface area contributed by atoms with Crippen LogP contribution in [0.5, 0.6) is 0 Å². The highest BCUT2D eigenvalue weighted by atomic mass is 31.2. The van der Waals surface area contributed by atoms with Gasteiger partial charge in [-0.25, -0.2) is 9.13 Å². The van der Waals surface area contributed by atoms with E-state index in [4.69, 9.17) is 18.5 Å². The molecule has 0 bridgehead atoms. The molecule has 0 radical (unpaired) electrons. The number of ketones is 1. The maximum Gasteiger partial charge on any atom is 0.472 e. The Morgan fingerprint density at radius 2 is 0.955 bits per heavy atom. The van der Waals surface area contributed by atoms with Gasteiger partial charge < -0.3 is 44.6 Å². The Hall–Kier alpha value is -1.85. The summed E-state index contributed by atoms with van der Waals surface area (Å²) in [6.07, 6.45) is 20.9. The number of hydrogen-bond donors (Lipinski definition) is 7. The first kappa shape index (κ1) is 62.2. The molecule has 1 saturated carbocycles. The fourth-order valence-corrected chi connectivity index (χ4v) is 9.14. The second kappa shape index (κ2) is 38.0. The summed E-state index contributed by atoms with van der Waals surface area (Å²) in [5.74, 6) is -1.24. The van der Waals surface area contributed by atoms with E-state index in [1.54, 1.807) is 12.2 Å². The van der Waals surface area contributed by atoms with Crippen LogP contribution in [-0.4, -0.2) is 109 Å². The maximum atomic E-state index is 13.0. The summed E-state index contributed by atoms with van der Waals surface area (Å²) >= 11 is 0. The highest BCUT2D eigenvalue weighted by Gasteiger charge is 2.54. The molecule has 7 N–H and O–H groups in total. The van der Waals surface area contributed by atoms with Gasteiger partial charge in [-0.05, 0) is 38.2 Å². The Morgan fingerprint density at radius 1 is 0.515 bits per heavy atom. The van der Waals surface area contributed by atoms with E-state index < -0.39 is 83.5 Å². The van der Waals surface area contributed by atoms with Crippen molar-refractivity contribution in [2.45, 2.75) is 243 Å². The zero-order valence-electron chi connectivity index (χ0n) is 39.9. The third kappa shape index (κ3) is 32.1. The van der Waals surface area contributed by atoms with Gasteiger partial charge in [-0.3, -0.25) is 28.0 Å². The summed E-state index contributed by atoms with van der Waals surface area (Å²) in [5, 5.41) is 41.2. The van der Waals surface area contributed by atoms with Crippen LogP contribution >= 0.6 is 15.6 Å². The van der Waals surface area contributed by atoms with E-state index in [-0.39, 0.29) is 18.6 Å². The van der Waals surface area contributed by atoms with Crippen LogP contribution in [0.4, 0.5) is 0 Å². The second-order valence-corrected chi connectivity index (χ2v) is 20.2. The van der Waals surface area contributed by atoms with Crippen LogP contribution in [0, 0.1) is 0 Å². The lowest BCUT2D eigenvalue weighted by Gasteiger charge is -2.43. The maximum absolute atomic E-state index is 13.0. The number of carbonyl (C=O) groups excluding carboxylic acids is 3. The number of phosphoric acid groups is 2. The first-order valence-electron chi connectivity index (χ1n) is 24.8. The molecule has 0 spiro atoms. The number of esters is 2. The predicted octanol–water partition coefficient (Wildman–Crippen LogP) is 8.91. The summed E-state index contributed by atoms with van der Waals surface area (Å²) in [6.45, 7) is 2.98. The van der Waals surface area contributed by atoms with Gasteiger partial charge in [0.05, 0.1) is 6.61 Å². The van der Waals surface area contributed by atoms with E-state index in [0.29, 0.717) is 32.1 Å². The zero-order chi connectivity index (χ0) is 49.1. The normalized spacial score (nSPS) is 21.6. The fourth-order valence-electron chi connectivity index (χ4n) is 7.60. The lowest BCUT2D eigenvalue weighted by molar-refractivity contribution is -0.216. The van der Waals surface area contributed by atoms with Crippen molar-refractivity contribution in [2.75, 3.05) is 13.2 Å². The van der Waals surface area contributed by atoms with Gasteiger partial charge in [0.25, 0.3) is 0 Å². The predicted molar refractivity (Wildman–Crippen MR) is 251 cm³/mol. The quantitative estimate of drug-likeness (QED) is 0.00988. The molecule has 0 heterocycles. The minimum Gasteiger partial charge on any atom is -0.462 e. The van der Waals surface area contributed by atoms with Gasteiger partial charge in [-0.2, -0.15) is 0 Å². The van der Waals surface area contributed by atoms with Gasteiger partial charge in [0, 0.05) is 19.3 Å². The van der Waals surface area contributed by atoms with E-state index in [1.807, 2.05) is 6.08 Å². The molecular weight excluding hydrogens is 898 g/mol. The Labute approximate surface area is 394 Å². The number of rotatable bonds is 42. The second-order valence-electron chi connectivity index (χ2n) is 17.6. The molecule has 66 heavy (non-hydrogen) atoms. The molecule has 0 aromatic rings. The number of unbranched alkanes of at least 4 members (excludes halogenated alkanes) is 23. The van der Waals surface area contributed by atoms with Crippen molar-refractivity contribution in [1.29, 1.82) is 0 Å². The first-order valence-corrected chi connectivity index (χ1v) is 27.9. The molecule has 0 aromatic carbocycles. The van der Waals surface area contributed by atoms with Crippen LogP contribution < -0.4 is 0 Å². The van der Waals surface area contributed by atoms with Gasteiger partial charge in [0.15, 0.2) is 11.9 Å². The third-order valence-corrected chi connectivity index (χ3v) is 13.0. The molecule has 1 aliphatic carbocycles. The van der Waals surface area contributed by atoms with E-state index in [2.05, 4.69) is 24.4 Å². The van der Waals surface area contributed by atoms with E-state index >= 15 is 0 Å². The van der Waals surface area contributed by atoms with Crippen molar-refractivity contribution < 1.29 is 81.7 Å². The number of phosphoric ester groups is 2. The minimum atomic E-state index is -5.38. The standard InChI is InChI=1S/C47H86O17P2/c1-3-5-7-9-11-12-13-14-15-16-17-18-19-20-22-26-30-34-40(49)60-36-39(62-41(50)35-31-27-23-25-29-33-38(48)32-28-24-21-10-8-6-4-2)37-61-66(58,59)64-47-44(53)42(51)43(52)46(45(47)54)63-65(55,56)57/h21,24,28,32,39,42-47,51-54H,3-20,22-23,25-27,29-31,33-37H2,1-2H3,(H,58,59)(H2,55,56,57)/b24-21-,32-28+/t39-,42?,43?,44?,45?,46-,47+/m1/s1. The van der Waals surface area contributed by atoms with Gasteiger partial charge in [0.1, 0.15) is 43.2 Å². The highest BCUT2D eigenvalue weighted by Crippen LogP contribution is 2.49. The first-order chi connectivity index (χ1) is 31.5. The number of aliphatic hydroxyl groups is 4. The summed E-state index contributed by atoms with van der Waals surface area (Å²) in [7, 11) is -10.7. The molecule has 19 heteroatoms. The summed E-state index contributed by atoms with van der Waals surface area (Å²) in [5.41, 5.74) is 0. The van der Waals surface area contributed by atoms with Crippen LogP contribution in [0.2, 0.25) is 0 Å². The summed E-state index contributed by atoms with van der Waals surface area (Å²) < 4.78 is 49.3. The molecule has 386 valence electrons. The molecule has 0 amide bonds. The van der Waals surface area contributed by atoms with Crippen LogP contribution in [-0.2, 0) is 46.6 Å². The number of carbonyl (C=O) groups is 3. The largest absolute Gasteiger partial charge is 0.472 e. The topological polar surface area (TPSA) is 273 Å². The van der Waals surface area contributed by atoms with E-state index in [1.165, 1.54) is 83.5 Å². The third-order valence-electron chi connectivity index (χ3n) is 11.5. The number of ether oxygens (including phenoxy) is 2. The molecule has 1 aliphatic rings. The molecular formula is C47H86O17P2.